The summed E-state index contributed by atoms with van der Waals surface area (Å²) < 4.78 is 45.9. The highest BCUT2D eigenvalue weighted by atomic mass is 32.2. The van der Waals surface area contributed by atoms with Crippen LogP contribution in [0.4, 0.5) is 10.1 Å². The van der Waals surface area contributed by atoms with Crippen molar-refractivity contribution in [2.45, 2.75) is 17.7 Å². The molecule has 0 spiro atoms. The number of fused-ring (bicyclic) bond motifs is 1. The molecule has 0 saturated carbocycles. The van der Waals surface area contributed by atoms with Gasteiger partial charge in [-0.25, -0.2) is 17.6 Å². The molecule has 32 heavy (non-hydrogen) atoms. The average Bonchev–Trinajstić information content (AvgIpc) is 3.22. The molecule has 3 aromatic rings. The molecule has 1 amide bonds. The molecule has 1 aromatic heterocycles. The molecular formula is C22H21FN2O5S2. The quantitative estimate of drug-likeness (QED) is 0.565. The molecule has 4 rings (SSSR count). The lowest BCUT2D eigenvalue weighted by Gasteiger charge is -2.31. The van der Waals surface area contributed by atoms with Crippen LogP contribution in [0.1, 0.15) is 22.5 Å². The molecule has 0 aliphatic carbocycles. The third-order valence-corrected chi connectivity index (χ3v) is 8.35. The minimum atomic E-state index is -3.81. The van der Waals surface area contributed by atoms with Crippen LogP contribution in [0.2, 0.25) is 0 Å². The van der Waals surface area contributed by atoms with Crippen molar-refractivity contribution in [3.8, 4) is 0 Å². The molecule has 7 nitrogen and oxygen atoms in total. The van der Waals surface area contributed by atoms with Crippen molar-refractivity contribution < 1.29 is 27.1 Å². The number of anilines is 1. The third-order valence-electron chi connectivity index (χ3n) is 5.38. The molecule has 0 bridgehead atoms. The number of piperidine rings is 1. The fourth-order valence-corrected chi connectivity index (χ4v) is 6.18. The third kappa shape index (κ3) is 4.52. The Labute approximate surface area is 188 Å². The zero-order valence-electron chi connectivity index (χ0n) is 17.2. The number of ether oxygens (including phenoxy) is 1. The van der Waals surface area contributed by atoms with Crippen LogP contribution in [0.5, 0.6) is 0 Å². The maximum absolute atomic E-state index is 13.2. The van der Waals surface area contributed by atoms with Crippen molar-refractivity contribution in [1.82, 2.24) is 4.31 Å². The van der Waals surface area contributed by atoms with Crippen LogP contribution in [-0.2, 0) is 19.6 Å². The highest BCUT2D eigenvalue weighted by Crippen LogP contribution is 2.30. The second-order valence-electron chi connectivity index (χ2n) is 7.50. The lowest BCUT2D eigenvalue weighted by atomic mass is 9.98. The van der Waals surface area contributed by atoms with Crippen molar-refractivity contribution in [2.24, 2.45) is 5.92 Å². The largest absolute Gasteiger partial charge is 0.465 e. The molecule has 1 fully saturated rings. The van der Waals surface area contributed by atoms with E-state index in [1.165, 1.54) is 34.9 Å². The molecule has 2 aromatic carbocycles. The summed E-state index contributed by atoms with van der Waals surface area (Å²) in [5, 5.41) is 3.66. The van der Waals surface area contributed by atoms with Gasteiger partial charge in [0.05, 0.1) is 17.9 Å². The van der Waals surface area contributed by atoms with Crippen molar-refractivity contribution in [1.29, 1.82) is 0 Å². The minimum Gasteiger partial charge on any atom is -0.465 e. The predicted molar refractivity (Wildman–Crippen MR) is 120 cm³/mol. The summed E-state index contributed by atoms with van der Waals surface area (Å²) in [6.45, 7) is 0.361. The number of nitrogens with zero attached hydrogens (tertiary/aromatic N) is 1. The Kier molecular flexibility index (Phi) is 6.27. The minimum absolute atomic E-state index is 0.00396. The van der Waals surface area contributed by atoms with Crippen LogP contribution in [0.3, 0.4) is 0 Å². The van der Waals surface area contributed by atoms with Gasteiger partial charge in [0.1, 0.15) is 10.7 Å². The smallest absolute Gasteiger partial charge is 0.348 e. The van der Waals surface area contributed by atoms with E-state index >= 15 is 0 Å². The maximum atomic E-state index is 13.2. The zero-order chi connectivity index (χ0) is 22.9. The van der Waals surface area contributed by atoms with Gasteiger partial charge in [-0.2, -0.15) is 4.31 Å². The Bertz CT molecular complexity index is 1270. The zero-order valence-corrected chi connectivity index (χ0v) is 18.8. The maximum Gasteiger partial charge on any atom is 0.348 e. The standard InChI is InChI=1S/C22H21FN2O5S2/c1-30-22(27)20-12-15-11-17(6-9-19(15)31-20)24-21(26)14-3-2-10-25(13-14)32(28,29)18-7-4-16(23)5-8-18/h4-9,11-12,14H,2-3,10,13H2,1H3,(H,24,26)/t14-/m0/s1. The fraction of sp³-hybridized carbons (Fsp3) is 0.273. The lowest BCUT2D eigenvalue weighted by Crippen LogP contribution is -2.43. The molecule has 1 atom stereocenters. The van der Waals surface area contributed by atoms with Crippen LogP contribution < -0.4 is 5.32 Å². The number of hydrogen-bond donors (Lipinski definition) is 1. The first-order valence-corrected chi connectivity index (χ1v) is 12.2. The highest BCUT2D eigenvalue weighted by molar-refractivity contribution is 7.89. The Morgan fingerprint density at radius 3 is 2.62 bits per heavy atom. The van der Waals surface area contributed by atoms with Gasteiger partial charge in [-0.3, -0.25) is 4.79 Å². The van der Waals surface area contributed by atoms with E-state index in [1.54, 1.807) is 18.2 Å². The fourth-order valence-electron chi connectivity index (χ4n) is 3.70. The van der Waals surface area contributed by atoms with Crippen LogP contribution in [-0.4, -0.2) is 44.8 Å². The molecule has 1 aliphatic rings. The predicted octanol–water partition coefficient (Wildman–Crippen LogP) is 3.87. The normalized spacial score (nSPS) is 17.2. The van der Waals surface area contributed by atoms with Gasteiger partial charge >= 0.3 is 5.97 Å². The van der Waals surface area contributed by atoms with Gasteiger partial charge in [0.15, 0.2) is 0 Å². The van der Waals surface area contributed by atoms with Gasteiger partial charge in [0.25, 0.3) is 0 Å². The summed E-state index contributed by atoms with van der Waals surface area (Å²) >= 11 is 1.30. The number of nitrogens with one attached hydrogen (secondary N) is 1. The summed E-state index contributed by atoms with van der Waals surface area (Å²) in [5.74, 6) is -1.71. The molecular weight excluding hydrogens is 455 g/mol. The van der Waals surface area contributed by atoms with Crippen molar-refractivity contribution in [2.75, 3.05) is 25.5 Å². The Balaban J connectivity index is 1.47. The van der Waals surface area contributed by atoms with E-state index in [0.29, 0.717) is 30.0 Å². The van der Waals surface area contributed by atoms with E-state index in [0.717, 1.165) is 22.2 Å². The first-order chi connectivity index (χ1) is 15.3. The number of hydrogen-bond acceptors (Lipinski definition) is 6. The molecule has 0 radical (unpaired) electrons. The molecule has 168 valence electrons. The van der Waals surface area contributed by atoms with Crippen molar-refractivity contribution >= 4 is 49.0 Å². The summed E-state index contributed by atoms with van der Waals surface area (Å²) in [5.41, 5.74) is 0.565. The average molecular weight is 477 g/mol. The van der Waals surface area contributed by atoms with Gasteiger partial charge < -0.3 is 10.1 Å². The van der Waals surface area contributed by atoms with E-state index in [1.807, 2.05) is 6.07 Å². The number of carbonyl (C=O) groups is 2. The first-order valence-electron chi connectivity index (χ1n) is 9.96. The molecule has 1 aliphatic heterocycles. The monoisotopic (exact) mass is 476 g/mol. The van der Waals surface area contributed by atoms with Gasteiger partial charge in [0.2, 0.25) is 15.9 Å². The van der Waals surface area contributed by atoms with Crippen LogP contribution in [0, 0.1) is 11.7 Å². The second-order valence-corrected chi connectivity index (χ2v) is 10.5. The van der Waals surface area contributed by atoms with Crippen LogP contribution >= 0.6 is 11.3 Å². The Morgan fingerprint density at radius 1 is 1.16 bits per heavy atom. The van der Waals surface area contributed by atoms with E-state index in [-0.39, 0.29) is 17.3 Å². The SMILES string of the molecule is COC(=O)c1cc2cc(NC(=O)[C@H]3CCCN(S(=O)(=O)c4ccc(F)cc4)C3)ccc2s1. The van der Waals surface area contributed by atoms with Crippen LogP contribution in [0.25, 0.3) is 10.1 Å². The van der Waals surface area contributed by atoms with Crippen molar-refractivity contribution in [3.05, 3.63) is 59.2 Å². The number of methoxy groups -OCH3 is 1. The Morgan fingerprint density at radius 2 is 1.91 bits per heavy atom. The number of sulfonamides is 1. The molecule has 0 unspecified atom stereocenters. The molecule has 2 heterocycles. The number of rotatable bonds is 5. The summed E-state index contributed by atoms with van der Waals surface area (Å²) in [6.07, 6.45) is 1.11. The molecule has 1 N–H and O–H groups in total. The number of benzene rings is 2. The first kappa shape index (κ1) is 22.4. The van der Waals surface area contributed by atoms with E-state index in [4.69, 9.17) is 4.74 Å². The summed E-state index contributed by atoms with van der Waals surface area (Å²) in [7, 11) is -2.49. The lowest BCUT2D eigenvalue weighted by molar-refractivity contribution is -0.120. The topological polar surface area (TPSA) is 92.8 Å². The van der Waals surface area contributed by atoms with E-state index in [9.17, 15) is 22.4 Å². The van der Waals surface area contributed by atoms with E-state index < -0.39 is 27.7 Å². The highest BCUT2D eigenvalue weighted by Gasteiger charge is 2.33. The molecule has 10 heteroatoms. The Hall–Kier alpha value is -2.82. The van der Waals surface area contributed by atoms with Gasteiger partial charge in [-0.15, -0.1) is 11.3 Å². The second kappa shape index (κ2) is 8.97. The number of halogens is 1. The number of thiophene rings is 1. The number of esters is 1. The number of carbonyl (C=O) groups excluding carboxylic acids is 2. The van der Waals surface area contributed by atoms with Crippen LogP contribution in [0.15, 0.2) is 53.4 Å². The number of amides is 1. The molecule has 1 saturated heterocycles. The van der Waals surface area contributed by atoms with Crippen molar-refractivity contribution in [3.63, 3.8) is 0 Å². The summed E-state index contributed by atoms with van der Waals surface area (Å²) in [6, 6.07) is 11.7. The van der Waals surface area contributed by atoms with Gasteiger partial charge in [0, 0.05) is 23.5 Å². The van der Waals surface area contributed by atoms with E-state index in [2.05, 4.69) is 5.32 Å². The summed E-state index contributed by atoms with van der Waals surface area (Å²) in [4.78, 5) is 25.1. The van der Waals surface area contributed by atoms with Gasteiger partial charge in [-0.05, 0) is 66.8 Å². The van der Waals surface area contributed by atoms with Gasteiger partial charge in [-0.1, -0.05) is 0 Å².